The summed E-state index contributed by atoms with van der Waals surface area (Å²) in [7, 11) is -2.26. The average molecular weight is 514 g/mol. The number of hydrogen-bond donors (Lipinski definition) is 0. The molecule has 1 fully saturated rings. The topological polar surface area (TPSA) is 88.9 Å². The Morgan fingerprint density at radius 2 is 1.81 bits per heavy atom. The maximum atomic E-state index is 13.8. The van der Waals surface area contributed by atoms with E-state index in [-0.39, 0.29) is 29.5 Å². The number of sulfonamides is 1. The first kappa shape index (κ1) is 26.2. The van der Waals surface area contributed by atoms with E-state index < -0.39 is 21.9 Å². The standard InChI is InChI=1S/C27H35N3O5S/c1-5-35-27(32)24-19(2)28(4)20(3)25(24)36(33,34)30-15-9-12-23(18-30)26(31)29-16-13-22(14-17-29)21-10-7-6-8-11-21/h6-8,10-11,13,23H,5,9,12,14-18H2,1-4H3. The van der Waals surface area contributed by atoms with Crippen LogP contribution in [0.2, 0.25) is 0 Å². The zero-order valence-corrected chi connectivity index (χ0v) is 22.3. The van der Waals surface area contributed by atoms with E-state index in [1.807, 2.05) is 23.1 Å². The Balaban J connectivity index is 1.53. The van der Waals surface area contributed by atoms with Gasteiger partial charge in [-0.1, -0.05) is 36.4 Å². The summed E-state index contributed by atoms with van der Waals surface area (Å²) >= 11 is 0. The van der Waals surface area contributed by atoms with Gasteiger partial charge in [0.2, 0.25) is 15.9 Å². The van der Waals surface area contributed by atoms with Crippen molar-refractivity contribution in [2.45, 2.75) is 44.9 Å². The zero-order chi connectivity index (χ0) is 26.0. The fraction of sp³-hybridized carbons (Fsp3) is 0.481. The van der Waals surface area contributed by atoms with Crippen molar-refractivity contribution in [2.24, 2.45) is 13.0 Å². The summed E-state index contributed by atoms with van der Waals surface area (Å²) in [5.74, 6) is -1.06. The molecule has 2 aromatic rings. The van der Waals surface area contributed by atoms with Gasteiger partial charge in [0.15, 0.2) is 0 Å². The number of rotatable bonds is 6. The Morgan fingerprint density at radius 1 is 1.08 bits per heavy atom. The first-order chi connectivity index (χ1) is 17.2. The van der Waals surface area contributed by atoms with Crippen LogP contribution >= 0.6 is 0 Å². The molecule has 0 bridgehead atoms. The summed E-state index contributed by atoms with van der Waals surface area (Å²) in [6, 6.07) is 10.2. The minimum absolute atomic E-state index is 0.00941. The monoisotopic (exact) mass is 513 g/mol. The second-order valence-corrected chi connectivity index (χ2v) is 11.4. The smallest absolute Gasteiger partial charge is 0.341 e. The molecular formula is C27H35N3O5S. The Hall–Kier alpha value is -2.91. The molecule has 36 heavy (non-hydrogen) atoms. The molecule has 4 rings (SSSR count). The largest absolute Gasteiger partial charge is 0.462 e. The molecule has 1 unspecified atom stereocenters. The summed E-state index contributed by atoms with van der Waals surface area (Å²) < 4.78 is 35.9. The number of benzene rings is 1. The van der Waals surface area contributed by atoms with Gasteiger partial charge in [0.05, 0.1) is 12.5 Å². The first-order valence-corrected chi connectivity index (χ1v) is 14.0. The van der Waals surface area contributed by atoms with Crippen molar-refractivity contribution in [1.82, 2.24) is 13.8 Å². The predicted octanol–water partition coefficient (Wildman–Crippen LogP) is 3.54. The highest BCUT2D eigenvalue weighted by Crippen LogP contribution is 2.33. The third kappa shape index (κ3) is 4.86. The second kappa shape index (κ2) is 10.6. The van der Waals surface area contributed by atoms with Crippen LogP contribution in [0.4, 0.5) is 0 Å². The SMILES string of the molecule is CCOC(=O)c1c(S(=O)(=O)N2CCCC(C(=O)N3CC=C(c4ccccc4)CC3)C2)c(C)n(C)c1C. The molecule has 0 N–H and O–H groups in total. The molecular weight excluding hydrogens is 478 g/mol. The number of amides is 1. The molecule has 8 nitrogen and oxygen atoms in total. The third-order valence-electron chi connectivity index (χ3n) is 7.40. The minimum atomic E-state index is -4.00. The van der Waals surface area contributed by atoms with Crippen LogP contribution in [0.5, 0.6) is 0 Å². The average Bonchev–Trinajstić information content (AvgIpc) is 3.13. The second-order valence-electron chi connectivity index (χ2n) is 9.49. The molecule has 0 spiro atoms. The fourth-order valence-electron chi connectivity index (χ4n) is 5.21. The van der Waals surface area contributed by atoms with E-state index in [1.54, 1.807) is 32.4 Å². The molecule has 2 aliphatic heterocycles. The maximum Gasteiger partial charge on any atom is 0.341 e. The van der Waals surface area contributed by atoms with Gasteiger partial charge in [0.1, 0.15) is 10.5 Å². The van der Waals surface area contributed by atoms with Gasteiger partial charge >= 0.3 is 5.97 Å². The molecule has 1 saturated heterocycles. The van der Waals surface area contributed by atoms with Gasteiger partial charge in [0, 0.05) is 44.6 Å². The van der Waals surface area contributed by atoms with Crippen molar-refractivity contribution in [3.8, 4) is 0 Å². The van der Waals surface area contributed by atoms with Crippen molar-refractivity contribution in [2.75, 3.05) is 32.8 Å². The molecule has 0 radical (unpaired) electrons. The van der Waals surface area contributed by atoms with Gasteiger partial charge < -0.3 is 14.2 Å². The molecule has 1 atom stereocenters. The number of hydrogen-bond acceptors (Lipinski definition) is 5. The van der Waals surface area contributed by atoms with Crippen LogP contribution in [-0.2, 0) is 26.6 Å². The highest BCUT2D eigenvalue weighted by Gasteiger charge is 2.39. The maximum absolute atomic E-state index is 13.8. The van der Waals surface area contributed by atoms with Crippen molar-refractivity contribution >= 4 is 27.5 Å². The van der Waals surface area contributed by atoms with E-state index >= 15 is 0 Å². The lowest BCUT2D eigenvalue weighted by molar-refractivity contribution is -0.136. The number of esters is 1. The molecule has 9 heteroatoms. The summed E-state index contributed by atoms with van der Waals surface area (Å²) in [6.45, 7) is 6.83. The van der Waals surface area contributed by atoms with E-state index in [0.717, 1.165) is 6.42 Å². The summed E-state index contributed by atoms with van der Waals surface area (Å²) in [4.78, 5) is 27.9. The molecule has 194 valence electrons. The molecule has 2 aliphatic rings. The lowest BCUT2D eigenvalue weighted by Gasteiger charge is -2.35. The Kier molecular flexibility index (Phi) is 7.70. The van der Waals surface area contributed by atoms with E-state index in [4.69, 9.17) is 4.74 Å². The molecule has 1 aromatic heterocycles. The minimum Gasteiger partial charge on any atom is -0.462 e. The van der Waals surface area contributed by atoms with Crippen LogP contribution in [-0.4, -0.2) is 66.9 Å². The van der Waals surface area contributed by atoms with Crippen LogP contribution in [0.25, 0.3) is 5.57 Å². The van der Waals surface area contributed by atoms with Crippen molar-refractivity contribution in [3.05, 3.63) is 58.9 Å². The van der Waals surface area contributed by atoms with Gasteiger partial charge in [0.25, 0.3) is 0 Å². The van der Waals surface area contributed by atoms with Crippen LogP contribution in [0.15, 0.2) is 41.3 Å². The van der Waals surface area contributed by atoms with Crippen molar-refractivity contribution in [3.63, 3.8) is 0 Å². The predicted molar refractivity (Wildman–Crippen MR) is 138 cm³/mol. The quantitative estimate of drug-likeness (QED) is 0.552. The number of ether oxygens (including phenoxy) is 1. The van der Waals surface area contributed by atoms with E-state index in [2.05, 4.69) is 18.2 Å². The lowest BCUT2D eigenvalue weighted by atomic mass is 9.95. The number of carbonyl (C=O) groups is 2. The highest BCUT2D eigenvalue weighted by atomic mass is 32.2. The Morgan fingerprint density at radius 3 is 2.44 bits per heavy atom. The zero-order valence-electron chi connectivity index (χ0n) is 21.5. The van der Waals surface area contributed by atoms with Crippen molar-refractivity contribution in [1.29, 1.82) is 0 Å². The molecule has 1 amide bonds. The fourth-order valence-corrected chi connectivity index (χ4v) is 7.21. The van der Waals surface area contributed by atoms with E-state index in [9.17, 15) is 18.0 Å². The van der Waals surface area contributed by atoms with Gasteiger partial charge in [-0.25, -0.2) is 13.2 Å². The lowest BCUT2D eigenvalue weighted by Crippen LogP contribution is -2.47. The molecule has 1 aromatic carbocycles. The number of aromatic nitrogens is 1. The van der Waals surface area contributed by atoms with Gasteiger partial charge in [-0.15, -0.1) is 0 Å². The van der Waals surface area contributed by atoms with E-state index in [1.165, 1.54) is 15.4 Å². The Labute approximate surface area is 213 Å². The van der Waals surface area contributed by atoms with Crippen molar-refractivity contribution < 1.29 is 22.7 Å². The normalized spacial score (nSPS) is 19.2. The van der Waals surface area contributed by atoms with Crippen LogP contribution < -0.4 is 0 Å². The molecule has 3 heterocycles. The first-order valence-electron chi connectivity index (χ1n) is 12.5. The number of piperidine rings is 1. The summed E-state index contributed by atoms with van der Waals surface area (Å²) in [5.41, 5.74) is 3.52. The number of carbonyl (C=O) groups excluding carboxylic acids is 2. The third-order valence-corrected chi connectivity index (χ3v) is 9.43. The van der Waals surface area contributed by atoms with Gasteiger partial charge in [-0.2, -0.15) is 4.31 Å². The van der Waals surface area contributed by atoms with Crippen LogP contribution in [0.3, 0.4) is 0 Å². The Bertz CT molecular complexity index is 1280. The summed E-state index contributed by atoms with van der Waals surface area (Å²) in [6.07, 6.45) is 4.11. The highest BCUT2D eigenvalue weighted by molar-refractivity contribution is 7.89. The molecule has 0 aliphatic carbocycles. The summed E-state index contributed by atoms with van der Waals surface area (Å²) in [5, 5.41) is 0. The van der Waals surface area contributed by atoms with E-state index in [0.29, 0.717) is 43.9 Å². The number of nitrogens with zero attached hydrogens (tertiary/aromatic N) is 3. The van der Waals surface area contributed by atoms with Crippen LogP contribution in [0, 0.1) is 19.8 Å². The van der Waals surface area contributed by atoms with Gasteiger partial charge in [-0.05, 0) is 51.2 Å². The molecule has 0 saturated carbocycles. The van der Waals surface area contributed by atoms with Gasteiger partial charge in [-0.3, -0.25) is 4.79 Å². The van der Waals surface area contributed by atoms with Crippen LogP contribution in [0.1, 0.15) is 53.5 Å².